The van der Waals surface area contributed by atoms with Crippen LogP contribution < -0.4 is 0 Å². The highest BCUT2D eigenvalue weighted by molar-refractivity contribution is 5.31. The van der Waals surface area contributed by atoms with E-state index in [-0.39, 0.29) is 76.5 Å². The summed E-state index contributed by atoms with van der Waals surface area (Å²) in [6, 6.07) is 69.7. The summed E-state index contributed by atoms with van der Waals surface area (Å²) in [6.07, 6.45) is 3.46. The first kappa shape index (κ1) is 83.8. The largest absolute Gasteiger partial charge is 0.508 e. The van der Waals surface area contributed by atoms with Crippen molar-refractivity contribution in [2.75, 3.05) is 0 Å². The van der Waals surface area contributed by atoms with Crippen LogP contribution >= 0.6 is 0 Å². The van der Waals surface area contributed by atoms with Crippen molar-refractivity contribution in [2.24, 2.45) is 23.7 Å². The number of nitrogens with zero attached hydrogens (tertiary/aromatic N) is 5. The van der Waals surface area contributed by atoms with Crippen LogP contribution in [0.5, 0.6) is 5.75 Å². The molecule has 1 aromatic heterocycles. The van der Waals surface area contributed by atoms with Crippen LogP contribution in [0.4, 0.5) is 0 Å². The number of hydroxylamine groups is 8. The van der Waals surface area contributed by atoms with Crippen molar-refractivity contribution in [3.8, 4) is 5.75 Å². The Hall–Kier alpha value is -6.83. The van der Waals surface area contributed by atoms with Gasteiger partial charge in [-0.25, -0.2) is 0 Å². The molecule has 8 unspecified atom stereocenters. The fourth-order valence-electron chi connectivity index (χ4n) is 12.8. The van der Waals surface area contributed by atoms with E-state index in [4.69, 9.17) is 19.4 Å². The molecule has 0 saturated carbocycles. The number of rotatable bonds is 24. The third kappa shape index (κ3) is 25.9. The van der Waals surface area contributed by atoms with Gasteiger partial charge >= 0.3 is 0 Å². The first-order chi connectivity index (χ1) is 46.8. The predicted molar refractivity (Wildman–Crippen MR) is 420 cm³/mol. The maximum absolute atomic E-state index is 9.76. The Kier molecular flexibility index (Phi) is 32.2. The van der Waals surface area contributed by atoms with Gasteiger partial charge in [0.2, 0.25) is 0 Å². The summed E-state index contributed by atoms with van der Waals surface area (Å²) < 4.78 is 0. The number of hydrogen-bond donors (Lipinski definition) is 1. The SMILES string of the molecule is CC(ON(C(c1ccccc1)C(C)C)C(C)(C)C)c1cccc(O)c1.CC(ON(C(c1ccccc1)C(C)C)C(C)(C)C)c1cccnc1.Cc1cc(C)cc(C(C)ON(C(c2ccccc2)C(C)C)C(C)(C)C)c1.Cc1cccc(C(C)ON(C(c2ccccc2)C(C)C)C(C)(C)C)c1. The molecule has 0 saturated heterocycles. The normalized spacial score (nSPS) is 14.8. The van der Waals surface area contributed by atoms with Gasteiger partial charge in [0.05, 0.1) is 24.2 Å². The van der Waals surface area contributed by atoms with Gasteiger partial charge in [-0.2, -0.15) is 20.3 Å². The summed E-state index contributed by atoms with van der Waals surface area (Å²) in [4.78, 5) is 30.3. The molecule has 1 heterocycles. The lowest BCUT2D eigenvalue weighted by Gasteiger charge is -2.44. The van der Waals surface area contributed by atoms with Crippen LogP contribution in [0.15, 0.2) is 213 Å². The van der Waals surface area contributed by atoms with Crippen molar-refractivity contribution in [3.05, 3.63) is 274 Å². The van der Waals surface area contributed by atoms with Crippen LogP contribution in [0.25, 0.3) is 0 Å². The highest BCUT2D eigenvalue weighted by atomic mass is 16.7. The number of pyridine rings is 1. The average molecular weight is 1360 g/mol. The topological polar surface area (TPSA) is 83.0 Å². The highest BCUT2D eigenvalue weighted by Crippen LogP contribution is 2.42. The van der Waals surface area contributed by atoms with E-state index in [2.05, 4.69) is 369 Å². The van der Waals surface area contributed by atoms with E-state index < -0.39 is 0 Å². The van der Waals surface area contributed by atoms with Crippen LogP contribution in [-0.4, -0.2) is 52.5 Å². The van der Waals surface area contributed by atoms with Crippen LogP contribution in [0.1, 0.15) is 276 Å². The van der Waals surface area contributed by atoms with Crippen molar-refractivity contribution in [1.29, 1.82) is 0 Å². The molecule has 544 valence electrons. The summed E-state index contributed by atoms with van der Waals surface area (Å²) >= 11 is 0. The molecule has 10 heteroatoms. The second-order valence-corrected chi connectivity index (χ2v) is 32.6. The van der Waals surface area contributed by atoms with Gasteiger partial charge in [0.1, 0.15) is 30.2 Å². The second kappa shape index (κ2) is 38.4. The van der Waals surface area contributed by atoms with Gasteiger partial charge in [0, 0.05) is 40.1 Å². The summed E-state index contributed by atoms with van der Waals surface area (Å²) in [5.41, 5.74) is 12.9. The van der Waals surface area contributed by atoms with Crippen molar-refractivity contribution >= 4 is 0 Å². The Labute approximate surface area is 607 Å². The average Bonchev–Trinajstić information content (AvgIpc) is 0.821. The molecule has 8 rings (SSSR count). The molecule has 8 aromatic rings. The second-order valence-electron chi connectivity index (χ2n) is 32.6. The van der Waals surface area contributed by atoms with Crippen molar-refractivity contribution in [1.82, 2.24) is 25.2 Å². The Morgan fingerprint density at radius 1 is 0.280 bits per heavy atom. The van der Waals surface area contributed by atoms with Gasteiger partial charge in [-0.1, -0.05) is 254 Å². The fourth-order valence-corrected chi connectivity index (χ4v) is 12.8. The van der Waals surface area contributed by atoms with Crippen molar-refractivity contribution in [3.63, 3.8) is 0 Å². The Morgan fingerprint density at radius 3 is 0.810 bits per heavy atom. The van der Waals surface area contributed by atoms with Crippen LogP contribution in [0.2, 0.25) is 0 Å². The monoisotopic (exact) mass is 1360 g/mol. The molecule has 0 aliphatic carbocycles. The lowest BCUT2D eigenvalue weighted by Crippen LogP contribution is -2.46. The molecule has 0 radical (unpaired) electrons. The number of hydrogen-bond acceptors (Lipinski definition) is 10. The Balaban J connectivity index is 0.000000240. The molecule has 0 aliphatic rings. The zero-order valence-electron chi connectivity index (χ0n) is 66.5. The third-order valence-electron chi connectivity index (χ3n) is 17.6. The van der Waals surface area contributed by atoms with E-state index in [1.165, 1.54) is 50.1 Å². The van der Waals surface area contributed by atoms with Crippen molar-refractivity contribution in [2.45, 2.75) is 258 Å². The zero-order chi connectivity index (χ0) is 74.5. The molecule has 100 heavy (non-hydrogen) atoms. The van der Waals surface area contributed by atoms with Gasteiger partial charge in [0.15, 0.2) is 0 Å². The molecule has 7 aromatic carbocycles. The number of phenolic OH excluding ortho intramolecular Hbond substituents is 1. The molecule has 8 atom stereocenters. The molecular formula is C90H129N5O5. The number of aromatic nitrogens is 1. The highest BCUT2D eigenvalue weighted by Gasteiger charge is 2.39. The molecule has 0 aliphatic heterocycles. The van der Waals surface area contributed by atoms with Crippen molar-refractivity contribution < 1.29 is 24.5 Å². The smallest absolute Gasteiger partial charge is 0.115 e. The van der Waals surface area contributed by atoms with E-state index in [1.807, 2.05) is 37.4 Å². The maximum Gasteiger partial charge on any atom is 0.115 e. The molecule has 0 amide bonds. The van der Waals surface area contributed by atoms with E-state index in [0.29, 0.717) is 23.7 Å². The molecule has 10 nitrogen and oxygen atoms in total. The first-order valence-electron chi connectivity index (χ1n) is 36.7. The van der Waals surface area contributed by atoms with Crippen LogP contribution in [0, 0.1) is 44.4 Å². The van der Waals surface area contributed by atoms with Gasteiger partial charge < -0.3 is 5.11 Å². The molecule has 0 bridgehead atoms. The summed E-state index contributed by atoms with van der Waals surface area (Å²) in [7, 11) is 0. The van der Waals surface area contributed by atoms with Gasteiger partial charge in [-0.15, -0.1) is 0 Å². The first-order valence-corrected chi connectivity index (χ1v) is 36.7. The minimum absolute atomic E-state index is 0.00205. The number of aromatic hydroxyl groups is 1. The van der Waals surface area contributed by atoms with Gasteiger partial charge in [0.25, 0.3) is 0 Å². The minimum atomic E-state index is -0.171. The lowest BCUT2D eigenvalue weighted by atomic mass is 9.92. The van der Waals surface area contributed by atoms with E-state index in [9.17, 15) is 5.11 Å². The molecule has 0 fully saturated rings. The van der Waals surface area contributed by atoms with E-state index in [0.717, 1.165) is 11.1 Å². The Bertz CT molecular complexity index is 3440. The van der Waals surface area contributed by atoms with E-state index in [1.54, 1.807) is 18.3 Å². The van der Waals surface area contributed by atoms with Gasteiger partial charge in [-0.05, 0) is 212 Å². The summed E-state index contributed by atoms with van der Waals surface area (Å²) in [6.45, 7) is 59.2. The van der Waals surface area contributed by atoms with E-state index >= 15 is 0 Å². The Morgan fingerprint density at radius 2 is 0.540 bits per heavy atom. The summed E-state index contributed by atoms with van der Waals surface area (Å²) in [5.74, 6) is 1.94. The number of aryl methyl sites for hydroxylation is 3. The standard InChI is InChI=1S/C24H35NO.C23H33NO.C22H31NO2.C21H30N2O/c1-17(2)23(21-12-10-9-11-13-21)25(24(6,7)8)26-20(5)22-15-18(3)14-19(4)16-22;1-17(2)22(20-13-9-8-10-14-20)24(23(5,6)7)25-19(4)21-15-11-12-18(3)16-21;1-16(2)21(18-11-8-7-9-12-18)23(22(4,5)6)25-17(3)19-13-10-14-20(24)15-19;1-16(2)20(18-11-8-7-9-12-18)23(21(4,5)6)24-17(3)19-13-10-14-22-15-19/h9-17,20,23H,1-8H3;8-17,19,22H,1-7H3;7-17,21,24H,1-6H3;7-17,20H,1-6H3. The zero-order valence-corrected chi connectivity index (χ0v) is 66.5. The molecule has 1 N–H and O–H groups in total. The number of benzene rings is 7. The molecule has 0 spiro atoms. The van der Waals surface area contributed by atoms with Crippen LogP contribution in [0.3, 0.4) is 0 Å². The number of phenols is 1. The summed E-state index contributed by atoms with van der Waals surface area (Å²) in [5, 5.41) is 18.4. The molecular weight excluding hydrogens is 1230 g/mol. The fraction of sp³-hybridized carbons (Fsp3) is 0.478. The lowest BCUT2D eigenvalue weighted by molar-refractivity contribution is -0.272. The predicted octanol–water partition coefficient (Wildman–Crippen LogP) is 24.7. The quantitative estimate of drug-likeness (QED) is 0.0591. The minimum Gasteiger partial charge on any atom is -0.508 e. The third-order valence-corrected chi connectivity index (χ3v) is 17.6. The maximum atomic E-state index is 9.76. The van der Waals surface area contributed by atoms with Gasteiger partial charge in [-0.3, -0.25) is 24.3 Å². The van der Waals surface area contributed by atoms with Crippen LogP contribution in [-0.2, 0) is 19.4 Å².